The van der Waals surface area contributed by atoms with E-state index in [1.54, 1.807) is 10.3 Å². The normalized spacial score (nSPS) is 10.8. The molecule has 0 aliphatic heterocycles. The molecule has 2 aromatic carbocycles. The first-order valence-corrected chi connectivity index (χ1v) is 11.5. The van der Waals surface area contributed by atoms with Crippen molar-refractivity contribution in [1.29, 1.82) is 0 Å². The van der Waals surface area contributed by atoms with Crippen LogP contribution in [0.2, 0.25) is 0 Å². The van der Waals surface area contributed by atoms with Gasteiger partial charge >= 0.3 is 5.97 Å². The first-order valence-electron chi connectivity index (χ1n) is 10.6. The second-order valence-corrected chi connectivity index (χ2v) is 8.70. The molecular weight excluding hydrogens is 452 g/mol. The van der Waals surface area contributed by atoms with Crippen LogP contribution in [0, 0.1) is 20.8 Å². The van der Waals surface area contributed by atoms with Crippen LogP contribution in [-0.2, 0) is 27.5 Å². The Bertz CT molecular complexity index is 1330. The summed E-state index contributed by atoms with van der Waals surface area (Å²) in [7, 11) is 0. The standard InChI is InChI=1S/C24H24N6O3S/c1-15-8-10-19(11-9-15)23-26-28-29(27-23)12-22(32)33-13-20-14-34-24(25-20)30(18(4)31)21-7-5-6-16(2)17(21)3/h5-11,14H,12-13H2,1-4H3. The summed E-state index contributed by atoms with van der Waals surface area (Å²) in [5.41, 5.74) is 5.38. The molecule has 0 fully saturated rings. The number of carbonyl (C=O) groups excluding carboxylic acids is 2. The number of benzene rings is 2. The molecule has 9 nitrogen and oxygen atoms in total. The van der Waals surface area contributed by atoms with E-state index in [2.05, 4.69) is 20.4 Å². The molecule has 0 aliphatic carbocycles. The number of aromatic nitrogens is 5. The van der Waals surface area contributed by atoms with Crippen LogP contribution in [0.25, 0.3) is 11.4 Å². The number of esters is 1. The van der Waals surface area contributed by atoms with Gasteiger partial charge in [-0.1, -0.05) is 42.0 Å². The van der Waals surface area contributed by atoms with Gasteiger partial charge in [-0.05, 0) is 43.2 Å². The molecule has 0 spiro atoms. The van der Waals surface area contributed by atoms with Gasteiger partial charge in [0.05, 0.1) is 11.4 Å². The zero-order valence-electron chi connectivity index (χ0n) is 19.3. The van der Waals surface area contributed by atoms with Crippen molar-refractivity contribution < 1.29 is 14.3 Å². The number of ether oxygens (including phenoxy) is 1. The SMILES string of the molecule is CC(=O)N(c1nc(COC(=O)Cn2nnc(-c3ccc(C)cc3)n2)cs1)c1cccc(C)c1C. The third-order valence-electron chi connectivity index (χ3n) is 5.28. The minimum absolute atomic E-state index is 0.0204. The van der Waals surface area contributed by atoms with Gasteiger partial charge in [0.15, 0.2) is 11.7 Å². The Labute approximate surface area is 201 Å². The van der Waals surface area contributed by atoms with Crippen molar-refractivity contribution in [3.63, 3.8) is 0 Å². The summed E-state index contributed by atoms with van der Waals surface area (Å²) < 4.78 is 5.34. The highest BCUT2D eigenvalue weighted by molar-refractivity contribution is 7.14. The summed E-state index contributed by atoms with van der Waals surface area (Å²) in [5, 5.41) is 14.4. The third kappa shape index (κ3) is 5.18. The van der Waals surface area contributed by atoms with Gasteiger partial charge in [-0.2, -0.15) is 4.80 Å². The number of rotatable bonds is 7. The van der Waals surface area contributed by atoms with E-state index in [0.29, 0.717) is 16.6 Å². The molecule has 0 unspecified atom stereocenters. The number of carbonyl (C=O) groups is 2. The molecule has 0 radical (unpaired) electrons. The Morgan fingerprint density at radius 1 is 1.09 bits per heavy atom. The Kier molecular flexibility index (Phi) is 6.78. The van der Waals surface area contributed by atoms with E-state index < -0.39 is 5.97 Å². The highest BCUT2D eigenvalue weighted by atomic mass is 32.1. The lowest BCUT2D eigenvalue weighted by Crippen LogP contribution is -2.23. The molecule has 2 heterocycles. The van der Waals surface area contributed by atoms with E-state index in [4.69, 9.17) is 4.74 Å². The van der Waals surface area contributed by atoms with Crippen LogP contribution in [0.1, 0.15) is 29.3 Å². The summed E-state index contributed by atoms with van der Waals surface area (Å²) >= 11 is 1.32. The average molecular weight is 477 g/mol. The second kappa shape index (κ2) is 9.92. The molecule has 0 atom stereocenters. The van der Waals surface area contributed by atoms with E-state index in [0.717, 1.165) is 27.9 Å². The van der Waals surface area contributed by atoms with Crippen LogP contribution < -0.4 is 4.90 Å². The maximum Gasteiger partial charge on any atom is 0.330 e. The summed E-state index contributed by atoms with van der Waals surface area (Å²) in [6.07, 6.45) is 0. The Morgan fingerprint density at radius 3 is 2.59 bits per heavy atom. The zero-order chi connectivity index (χ0) is 24.2. The lowest BCUT2D eigenvalue weighted by molar-refractivity contribution is -0.146. The molecule has 4 aromatic rings. The van der Waals surface area contributed by atoms with Crippen molar-refractivity contribution in [2.45, 2.75) is 40.8 Å². The van der Waals surface area contributed by atoms with Crippen molar-refractivity contribution in [3.05, 3.63) is 70.2 Å². The lowest BCUT2D eigenvalue weighted by atomic mass is 10.1. The van der Waals surface area contributed by atoms with Crippen molar-refractivity contribution in [3.8, 4) is 11.4 Å². The van der Waals surface area contributed by atoms with E-state index in [9.17, 15) is 9.59 Å². The number of amides is 1. The summed E-state index contributed by atoms with van der Waals surface area (Å²) in [6, 6.07) is 13.5. The van der Waals surface area contributed by atoms with Crippen molar-refractivity contribution in [2.75, 3.05) is 4.90 Å². The van der Waals surface area contributed by atoms with Crippen molar-refractivity contribution in [1.82, 2.24) is 25.2 Å². The van der Waals surface area contributed by atoms with Crippen LogP contribution in [-0.4, -0.2) is 37.1 Å². The first-order chi connectivity index (χ1) is 16.3. The van der Waals surface area contributed by atoms with E-state index in [1.807, 2.05) is 63.2 Å². The number of aryl methyl sites for hydroxylation is 2. The Hall–Kier alpha value is -3.92. The van der Waals surface area contributed by atoms with E-state index in [1.165, 1.54) is 23.1 Å². The van der Waals surface area contributed by atoms with Crippen LogP contribution in [0.5, 0.6) is 0 Å². The van der Waals surface area contributed by atoms with Gasteiger partial charge in [-0.15, -0.1) is 21.5 Å². The number of hydrogen-bond donors (Lipinski definition) is 0. The Balaban J connectivity index is 1.39. The van der Waals surface area contributed by atoms with Crippen molar-refractivity contribution in [2.24, 2.45) is 0 Å². The molecular formula is C24H24N6O3S. The minimum atomic E-state index is -0.514. The predicted molar refractivity (Wildman–Crippen MR) is 129 cm³/mol. The van der Waals surface area contributed by atoms with Crippen LogP contribution in [0.15, 0.2) is 47.8 Å². The molecule has 0 aliphatic rings. The molecule has 2 aromatic heterocycles. The molecule has 174 valence electrons. The number of thiazole rings is 1. The van der Waals surface area contributed by atoms with Gasteiger partial charge in [-0.25, -0.2) is 9.78 Å². The third-order valence-corrected chi connectivity index (χ3v) is 6.15. The van der Waals surface area contributed by atoms with Gasteiger partial charge in [0.25, 0.3) is 0 Å². The van der Waals surface area contributed by atoms with E-state index >= 15 is 0 Å². The van der Waals surface area contributed by atoms with Crippen LogP contribution >= 0.6 is 11.3 Å². The van der Waals surface area contributed by atoms with Crippen LogP contribution in [0.4, 0.5) is 10.8 Å². The number of hydrogen-bond acceptors (Lipinski definition) is 8. The molecule has 4 rings (SSSR count). The maximum absolute atomic E-state index is 12.4. The van der Waals surface area contributed by atoms with Crippen molar-refractivity contribution >= 4 is 34.0 Å². The molecule has 34 heavy (non-hydrogen) atoms. The largest absolute Gasteiger partial charge is 0.458 e. The topological polar surface area (TPSA) is 103 Å². The molecule has 0 N–H and O–H groups in total. The first kappa shape index (κ1) is 23.2. The summed E-state index contributed by atoms with van der Waals surface area (Å²) in [5.74, 6) is -0.221. The Morgan fingerprint density at radius 2 is 1.85 bits per heavy atom. The fourth-order valence-electron chi connectivity index (χ4n) is 3.29. The van der Waals surface area contributed by atoms with Gasteiger partial charge in [0, 0.05) is 17.9 Å². The quantitative estimate of drug-likeness (QED) is 0.369. The molecule has 0 bridgehead atoms. The van der Waals surface area contributed by atoms with Gasteiger partial charge in [0.2, 0.25) is 11.7 Å². The fourth-order valence-corrected chi connectivity index (χ4v) is 4.16. The second-order valence-electron chi connectivity index (χ2n) is 7.87. The smallest absolute Gasteiger partial charge is 0.330 e. The van der Waals surface area contributed by atoms with Crippen LogP contribution in [0.3, 0.4) is 0 Å². The fraction of sp³-hybridized carbons (Fsp3) is 0.250. The molecule has 10 heteroatoms. The summed E-state index contributed by atoms with van der Waals surface area (Å²) in [4.78, 5) is 32.0. The minimum Gasteiger partial charge on any atom is -0.458 e. The monoisotopic (exact) mass is 476 g/mol. The van der Waals surface area contributed by atoms with Gasteiger partial charge in [0.1, 0.15) is 6.61 Å². The number of anilines is 2. The van der Waals surface area contributed by atoms with E-state index in [-0.39, 0.29) is 19.1 Å². The molecule has 0 saturated carbocycles. The average Bonchev–Trinajstić information content (AvgIpc) is 3.46. The highest BCUT2D eigenvalue weighted by Crippen LogP contribution is 2.32. The predicted octanol–water partition coefficient (Wildman–Crippen LogP) is 4.15. The lowest BCUT2D eigenvalue weighted by Gasteiger charge is -2.21. The highest BCUT2D eigenvalue weighted by Gasteiger charge is 2.20. The molecule has 1 amide bonds. The van der Waals surface area contributed by atoms with Gasteiger partial charge in [-0.3, -0.25) is 9.69 Å². The number of nitrogens with zero attached hydrogens (tertiary/aromatic N) is 6. The maximum atomic E-state index is 12.4. The number of tetrazole rings is 1. The summed E-state index contributed by atoms with van der Waals surface area (Å²) in [6.45, 7) is 7.28. The van der Waals surface area contributed by atoms with Gasteiger partial charge < -0.3 is 4.74 Å². The molecule has 0 saturated heterocycles. The zero-order valence-corrected chi connectivity index (χ0v) is 20.2.